The van der Waals surface area contributed by atoms with Crippen LogP contribution in [-0.2, 0) is 30.3 Å². The highest BCUT2D eigenvalue weighted by Crippen LogP contribution is 2.40. The van der Waals surface area contributed by atoms with Crippen molar-refractivity contribution in [2.75, 3.05) is 13.2 Å². The van der Waals surface area contributed by atoms with E-state index in [9.17, 15) is 55.9 Å². The van der Waals surface area contributed by atoms with Gasteiger partial charge in [0.2, 0.25) is 6.29 Å². The molecule has 2 aromatic rings. The van der Waals surface area contributed by atoms with Gasteiger partial charge in [-0.3, -0.25) is 4.79 Å². The molecule has 0 amide bonds. The summed E-state index contributed by atoms with van der Waals surface area (Å²) >= 11 is 0. The Labute approximate surface area is 267 Å². The molecule has 0 saturated carbocycles. The van der Waals surface area contributed by atoms with E-state index in [1.54, 1.807) is 12.1 Å². The summed E-state index contributed by atoms with van der Waals surface area (Å²) in [7, 11) is 0. The third-order valence-electron chi connectivity index (χ3n) is 8.58. The molecular formula is C30H40O17. The van der Waals surface area contributed by atoms with Gasteiger partial charge in [-0.1, -0.05) is 12.1 Å². The SMILES string of the molecule is CC(=O)c1c(CO[C@@H]2OC[C@@H](O[C@@H]3O[C@H](CO)[C@@H](O)[C@H](O)[C@H]3O)[C@H](O)[C@H]2O)cc2cccc(O[C@@H]3O[C@@H](C)[C@H](O)[C@@H](O)[C@H]3O)c2c1O. The van der Waals surface area contributed by atoms with Crippen LogP contribution in [0.4, 0.5) is 0 Å². The molecule has 0 spiro atoms. The lowest BCUT2D eigenvalue weighted by atomic mass is 9.96. The molecule has 0 radical (unpaired) electrons. The highest BCUT2D eigenvalue weighted by molar-refractivity contribution is 6.06. The molecule has 10 N–H and O–H groups in total. The van der Waals surface area contributed by atoms with Crippen LogP contribution in [0.3, 0.4) is 0 Å². The number of hydrogen-bond donors (Lipinski definition) is 10. The minimum atomic E-state index is -1.74. The Morgan fingerprint density at radius 1 is 0.851 bits per heavy atom. The van der Waals surface area contributed by atoms with Gasteiger partial charge in [-0.2, -0.15) is 0 Å². The van der Waals surface area contributed by atoms with E-state index < -0.39 is 104 Å². The fraction of sp³-hybridized carbons (Fsp3) is 0.633. The number of aromatic hydroxyl groups is 1. The number of phenolic OH excluding ortho intramolecular Hbond substituents is 1. The second kappa shape index (κ2) is 14.5. The van der Waals surface area contributed by atoms with Crippen LogP contribution in [0.25, 0.3) is 10.8 Å². The van der Waals surface area contributed by atoms with Gasteiger partial charge >= 0.3 is 0 Å². The minimum Gasteiger partial charge on any atom is -0.506 e. The average Bonchev–Trinajstić information content (AvgIpc) is 3.04. The Hall–Kier alpha value is -2.59. The standard InChI is InChI=1S/C30H40O17/c1-10(32)17-13(6-12-4-3-5-14(18(12)22(17)36)45-29-26(40)23(37)19(33)11(2)44-29)8-42-28-25(39)21(35)16(9-43-28)47-30-27(41)24(38)20(34)15(7-31)46-30/h3-6,11,15-16,19-21,23-31,33-41H,7-9H2,1-2H3/t11-,15+,16+,19-,20+,21-,23+,24-,25+,26+,27+,28+,29-,30-/m0/s1. The van der Waals surface area contributed by atoms with Gasteiger partial charge in [0, 0.05) is 0 Å². The Kier molecular flexibility index (Phi) is 11.0. The van der Waals surface area contributed by atoms with Crippen LogP contribution in [0, 0.1) is 0 Å². The zero-order valence-corrected chi connectivity index (χ0v) is 25.3. The van der Waals surface area contributed by atoms with Gasteiger partial charge in [-0.15, -0.1) is 0 Å². The van der Waals surface area contributed by atoms with Crippen LogP contribution in [0.5, 0.6) is 11.5 Å². The molecule has 3 saturated heterocycles. The van der Waals surface area contributed by atoms with E-state index in [4.69, 9.17) is 28.4 Å². The lowest BCUT2D eigenvalue weighted by molar-refractivity contribution is -0.344. The van der Waals surface area contributed by atoms with Crippen molar-refractivity contribution in [2.45, 2.75) is 106 Å². The number of ether oxygens (including phenoxy) is 6. The molecule has 17 nitrogen and oxygen atoms in total. The van der Waals surface area contributed by atoms with Crippen LogP contribution in [-0.4, -0.2) is 156 Å². The Morgan fingerprint density at radius 3 is 2.19 bits per heavy atom. The van der Waals surface area contributed by atoms with Crippen molar-refractivity contribution in [2.24, 2.45) is 0 Å². The Morgan fingerprint density at radius 2 is 1.51 bits per heavy atom. The maximum absolute atomic E-state index is 12.7. The molecule has 14 atom stereocenters. The predicted molar refractivity (Wildman–Crippen MR) is 154 cm³/mol. The smallest absolute Gasteiger partial charge is 0.229 e. The number of benzene rings is 2. The molecular weight excluding hydrogens is 632 g/mol. The second-order valence-corrected chi connectivity index (χ2v) is 11.8. The fourth-order valence-corrected chi connectivity index (χ4v) is 5.86. The van der Waals surface area contributed by atoms with Crippen molar-refractivity contribution in [1.29, 1.82) is 0 Å². The Balaban J connectivity index is 1.30. The summed E-state index contributed by atoms with van der Waals surface area (Å²) in [6, 6.07) is 6.15. The molecule has 47 heavy (non-hydrogen) atoms. The van der Waals surface area contributed by atoms with Crippen molar-refractivity contribution in [1.82, 2.24) is 0 Å². The summed E-state index contributed by atoms with van der Waals surface area (Å²) in [6.07, 6.45) is -20.9. The molecule has 2 aromatic carbocycles. The number of hydrogen-bond acceptors (Lipinski definition) is 17. The summed E-state index contributed by atoms with van der Waals surface area (Å²) in [5.74, 6) is -1.03. The first kappa shape index (κ1) is 35.7. The molecule has 0 unspecified atom stereocenters. The quantitative estimate of drug-likeness (QED) is 0.117. The maximum atomic E-state index is 12.7. The van der Waals surface area contributed by atoms with Gasteiger partial charge < -0.3 is 79.5 Å². The van der Waals surface area contributed by atoms with Crippen molar-refractivity contribution < 1.29 is 84.3 Å². The molecule has 0 aromatic heterocycles. The zero-order chi connectivity index (χ0) is 34.3. The van der Waals surface area contributed by atoms with E-state index >= 15 is 0 Å². The first-order valence-electron chi connectivity index (χ1n) is 14.9. The summed E-state index contributed by atoms with van der Waals surface area (Å²) in [5, 5.41) is 103. The second-order valence-electron chi connectivity index (χ2n) is 11.8. The number of phenols is 1. The third kappa shape index (κ3) is 6.96. The number of rotatable bonds is 9. The number of aliphatic hydroxyl groups excluding tert-OH is 9. The first-order chi connectivity index (χ1) is 22.2. The van der Waals surface area contributed by atoms with E-state index in [0.29, 0.717) is 5.39 Å². The molecule has 3 aliphatic rings. The lowest BCUT2D eigenvalue weighted by Gasteiger charge is -2.43. The number of Topliss-reactive ketones (excluding diaryl/α,β-unsaturated/α-hetero) is 1. The van der Waals surface area contributed by atoms with Crippen molar-refractivity contribution in [3.05, 3.63) is 35.4 Å². The van der Waals surface area contributed by atoms with Crippen LogP contribution in [0.2, 0.25) is 0 Å². The van der Waals surface area contributed by atoms with E-state index in [1.807, 2.05) is 0 Å². The van der Waals surface area contributed by atoms with Gasteiger partial charge in [-0.05, 0) is 36.9 Å². The maximum Gasteiger partial charge on any atom is 0.229 e. The number of ketones is 1. The molecule has 5 rings (SSSR count). The molecule has 3 aliphatic heterocycles. The predicted octanol–water partition coefficient (Wildman–Crippen LogP) is -3.27. The molecule has 262 valence electrons. The van der Waals surface area contributed by atoms with Gasteiger partial charge in [0.15, 0.2) is 18.4 Å². The minimum absolute atomic E-state index is 0.00871. The summed E-state index contributed by atoms with van der Waals surface area (Å²) in [4.78, 5) is 12.7. The van der Waals surface area contributed by atoms with Gasteiger partial charge in [0.05, 0.1) is 36.9 Å². The number of aliphatic hydroxyl groups is 9. The molecule has 17 heteroatoms. The normalized spacial score (nSPS) is 39.6. The van der Waals surface area contributed by atoms with E-state index in [1.165, 1.54) is 26.0 Å². The zero-order valence-electron chi connectivity index (χ0n) is 25.3. The first-order valence-corrected chi connectivity index (χ1v) is 14.9. The molecule has 3 fully saturated rings. The lowest BCUT2D eigenvalue weighted by Crippen LogP contribution is -2.62. The molecule has 0 bridgehead atoms. The van der Waals surface area contributed by atoms with Crippen molar-refractivity contribution in [3.63, 3.8) is 0 Å². The number of carbonyl (C=O) groups excluding carboxylic acids is 1. The van der Waals surface area contributed by atoms with Crippen LogP contribution in [0.15, 0.2) is 24.3 Å². The monoisotopic (exact) mass is 672 g/mol. The van der Waals surface area contributed by atoms with Gasteiger partial charge in [0.1, 0.15) is 72.5 Å². The number of fused-ring (bicyclic) bond motifs is 1. The summed E-state index contributed by atoms with van der Waals surface area (Å²) < 4.78 is 33.3. The number of carbonyl (C=O) groups is 1. The summed E-state index contributed by atoms with van der Waals surface area (Å²) in [5.41, 5.74) is 0.0305. The van der Waals surface area contributed by atoms with Crippen LogP contribution >= 0.6 is 0 Å². The molecule has 3 heterocycles. The average molecular weight is 673 g/mol. The van der Waals surface area contributed by atoms with Crippen molar-refractivity contribution in [3.8, 4) is 11.5 Å². The molecule has 0 aliphatic carbocycles. The van der Waals surface area contributed by atoms with Gasteiger partial charge in [-0.25, -0.2) is 0 Å². The van der Waals surface area contributed by atoms with E-state index in [0.717, 1.165) is 0 Å². The van der Waals surface area contributed by atoms with Crippen LogP contribution < -0.4 is 4.74 Å². The summed E-state index contributed by atoms with van der Waals surface area (Å²) in [6.45, 7) is 1.22. The topological polar surface area (TPSA) is 275 Å². The van der Waals surface area contributed by atoms with E-state index in [2.05, 4.69) is 0 Å². The van der Waals surface area contributed by atoms with E-state index in [-0.39, 0.29) is 35.5 Å². The third-order valence-corrected chi connectivity index (χ3v) is 8.58. The highest BCUT2D eigenvalue weighted by atomic mass is 16.7. The highest BCUT2D eigenvalue weighted by Gasteiger charge is 2.48. The van der Waals surface area contributed by atoms with Gasteiger partial charge in [0.25, 0.3) is 0 Å². The van der Waals surface area contributed by atoms with Crippen molar-refractivity contribution >= 4 is 16.6 Å². The fourth-order valence-electron chi connectivity index (χ4n) is 5.86. The van der Waals surface area contributed by atoms with Crippen LogP contribution in [0.1, 0.15) is 29.8 Å². The Bertz CT molecular complexity index is 1400. The largest absolute Gasteiger partial charge is 0.506 e.